The highest BCUT2D eigenvalue weighted by molar-refractivity contribution is 6.62. The van der Waals surface area contributed by atoms with E-state index in [0.29, 0.717) is 17.5 Å². The Hall–Kier alpha value is -5.69. The molecule has 8 rings (SSSR count). The van der Waals surface area contributed by atoms with Crippen LogP contribution in [0.2, 0.25) is 0 Å². The number of rotatable bonds is 7. The van der Waals surface area contributed by atoms with Gasteiger partial charge in [-0.3, -0.25) is 0 Å². The molecule has 248 valence electrons. The minimum atomic E-state index is -0.448. The van der Waals surface area contributed by atoms with Crippen LogP contribution in [0.4, 0.5) is 0 Å². The van der Waals surface area contributed by atoms with Crippen LogP contribution >= 0.6 is 0 Å². The lowest BCUT2D eigenvalue weighted by Gasteiger charge is -2.32. The van der Waals surface area contributed by atoms with Gasteiger partial charge in [-0.1, -0.05) is 158 Å². The van der Waals surface area contributed by atoms with Gasteiger partial charge in [0.2, 0.25) is 0 Å². The molecule has 6 heteroatoms. The Bertz CT molecular complexity index is 2310. The highest BCUT2D eigenvalue weighted by Gasteiger charge is 2.51. The Morgan fingerprint density at radius 3 is 1.39 bits per heavy atom. The third kappa shape index (κ3) is 6.40. The first-order valence-corrected chi connectivity index (χ1v) is 17.4. The van der Waals surface area contributed by atoms with Gasteiger partial charge in [0, 0.05) is 16.7 Å². The fraction of sp³-hybridized carbons (Fsp3) is 0.133. The molecule has 0 atom stereocenters. The molecule has 6 aromatic carbocycles. The maximum atomic E-state index is 6.41. The van der Waals surface area contributed by atoms with Crippen LogP contribution in [-0.2, 0) is 9.31 Å². The van der Waals surface area contributed by atoms with Gasteiger partial charge in [-0.05, 0) is 66.5 Å². The van der Waals surface area contributed by atoms with Crippen LogP contribution < -0.4 is 5.46 Å². The summed E-state index contributed by atoms with van der Waals surface area (Å²) in [5, 5.41) is 0. The van der Waals surface area contributed by atoms with Gasteiger partial charge < -0.3 is 9.31 Å². The SMILES string of the molecule is CC1(C)OB(c2cccc(-c3ccccc3-c3ccccc3-c3nc(-c4ccccc4)nc(-c4ccc(-c5ccccc5)cc4)n3)c2)OC1(C)C. The zero-order valence-electron chi connectivity index (χ0n) is 29.2. The standard InChI is InChI=1S/C45H38BN3O2/c1-44(2)45(3,4)51-46(50-44)36-21-15-20-35(30-36)37-22-11-12-23-38(37)39-24-13-14-25-40(39)43-48-41(33-18-9-6-10-19-33)47-42(49-43)34-28-26-32(27-29-34)31-16-7-5-8-17-31/h5-30H,1-4H3. The molecule has 1 saturated heterocycles. The summed E-state index contributed by atoms with van der Waals surface area (Å²) in [5.41, 5.74) is 9.52. The van der Waals surface area contributed by atoms with Crippen molar-refractivity contribution in [1.82, 2.24) is 15.0 Å². The van der Waals surface area contributed by atoms with E-state index in [1.807, 2.05) is 42.5 Å². The van der Waals surface area contributed by atoms with Crippen molar-refractivity contribution in [2.45, 2.75) is 38.9 Å². The first kappa shape index (κ1) is 32.5. The smallest absolute Gasteiger partial charge is 0.399 e. The predicted molar refractivity (Wildman–Crippen MR) is 208 cm³/mol. The number of hydrogen-bond acceptors (Lipinski definition) is 5. The van der Waals surface area contributed by atoms with E-state index in [9.17, 15) is 0 Å². The van der Waals surface area contributed by atoms with Crippen molar-refractivity contribution in [1.29, 1.82) is 0 Å². The molecule has 0 radical (unpaired) electrons. The lowest BCUT2D eigenvalue weighted by molar-refractivity contribution is 0.00578. The van der Waals surface area contributed by atoms with Gasteiger partial charge in [0.15, 0.2) is 17.5 Å². The third-order valence-electron chi connectivity index (χ3n) is 10.0. The zero-order chi connectivity index (χ0) is 35.0. The van der Waals surface area contributed by atoms with E-state index in [1.165, 1.54) is 5.56 Å². The Morgan fingerprint density at radius 2 is 0.784 bits per heavy atom. The molecule has 0 bridgehead atoms. The van der Waals surface area contributed by atoms with E-state index in [-0.39, 0.29) is 0 Å². The summed E-state index contributed by atoms with van der Waals surface area (Å²) in [6.45, 7) is 8.33. The molecule has 0 aliphatic carbocycles. The molecule has 1 fully saturated rings. The van der Waals surface area contributed by atoms with E-state index in [4.69, 9.17) is 24.3 Å². The van der Waals surface area contributed by atoms with Crippen LogP contribution in [-0.4, -0.2) is 33.3 Å². The Labute approximate surface area is 300 Å². The van der Waals surface area contributed by atoms with E-state index in [2.05, 4.69) is 143 Å². The number of nitrogens with zero attached hydrogens (tertiary/aromatic N) is 3. The predicted octanol–water partition coefficient (Wildman–Crippen LogP) is 10.2. The van der Waals surface area contributed by atoms with Gasteiger partial charge in [0.1, 0.15) is 0 Å². The maximum Gasteiger partial charge on any atom is 0.494 e. The second-order valence-electron chi connectivity index (χ2n) is 13.9. The molecule has 1 aromatic heterocycles. The van der Waals surface area contributed by atoms with Gasteiger partial charge in [-0.2, -0.15) is 0 Å². The summed E-state index contributed by atoms with van der Waals surface area (Å²) in [6.07, 6.45) is 0. The van der Waals surface area contributed by atoms with Crippen LogP contribution in [0.3, 0.4) is 0 Å². The molecule has 0 spiro atoms. The molecule has 0 amide bonds. The van der Waals surface area contributed by atoms with Crippen LogP contribution in [0.15, 0.2) is 158 Å². The molecule has 7 aromatic rings. The Morgan fingerprint density at radius 1 is 0.373 bits per heavy atom. The summed E-state index contributed by atoms with van der Waals surface area (Å²) in [7, 11) is -0.448. The first-order valence-electron chi connectivity index (χ1n) is 17.4. The van der Waals surface area contributed by atoms with E-state index in [1.54, 1.807) is 0 Å². The van der Waals surface area contributed by atoms with Crippen molar-refractivity contribution < 1.29 is 9.31 Å². The second-order valence-corrected chi connectivity index (χ2v) is 13.9. The van der Waals surface area contributed by atoms with Crippen LogP contribution in [0.25, 0.3) is 67.5 Å². The topological polar surface area (TPSA) is 57.1 Å². The maximum absolute atomic E-state index is 6.41. The van der Waals surface area contributed by atoms with E-state index >= 15 is 0 Å². The monoisotopic (exact) mass is 663 g/mol. The second kappa shape index (κ2) is 13.2. The minimum Gasteiger partial charge on any atom is -0.399 e. The average molecular weight is 664 g/mol. The molecule has 1 aliphatic rings. The molecular weight excluding hydrogens is 625 g/mol. The summed E-state index contributed by atoms with van der Waals surface area (Å²) in [6, 6.07) is 54.2. The van der Waals surface area contributed by atoms with Crippen LogP contribution in [0.5, 0.6) is 0 Å². The highest BCUT2D eigenvalue weighted by Crippen LogP contribution is 2.39. The Balaban J connectivity index is 1.22. The summed E-state index contributed by atoms with van der Waals surface area (Å²) >= 11 is 0. The lowest BCUT2D eigenvalue weighted by Crippen LogP contribution is -2.41. The molecule has 0 unspecified atom stereocenters. The lowest BCUT2D eigenvalue weighted by atomic mass is 9.77. The number of benzene rings is 6. The molecule has 51 heavy (non-hydrogen) atoms. The molecule has 0 N–H and O–H groups in total. The van der Waals surface area contributed by atoms with Gasteiger partial charge in [0.05, 0.1) is 11.2 Å². The van der Waals surface area contributed by atoms with Crippen molar-refractivity contribution in [2.75, 3.05) is 0 Å². The van der Waals surface area contributed by atoms with Gasteiger partial charge in [0.25, 0.3) is 0 Å². The fourth-order valence-corrected chi connectivity index (χ4v) is 6.50. The molecule has 1 aliphatic heterocycles. The average Bonchev–Trinajstić information content (AvgIpc) is 3.41. The van der Waals surface area contributed by atoms with E-state index in [0.717, 1.165) is 50.0 Å². The molecule has 0 saturated carbocycles. The van der Waals surface area contributed by atoms with Crippen molar-refractivity contribution in [3.05, 3.63) is 158 Å². The van der Waals surface area contributed by atoms with Crippen LogP contribution in [0, 0.1) is 0 Å². The van der Waals surface area contributed by atoms with Crippen molar-refractivity contribution in [3.8, 4) is 67.5 Å². The summed E-state index contributed by atoms with van der Waals surface area (Å²) < 4.78 is 12.8. The van der Waals surface area contributed by atoms with Gasteiger partial charge in [-0.15, -0.1) is 0 Å². The van der Waals surface area contributed by atoms with Crippen molar-refractivity contribution >= 4 is 12.6 Å². The van der Waals surface area contributed by atoms with Gasteiger partial charge in [-0.25, -0.2) is 15.0 Å². The zero-order valence-corrected chi connectivity index (χ0v) is 29.2. The Kier molecular flexibility index (Phi) is 8.43. The largest absolute Gasteiger partial charge is 0.494 e. The number of hydrogen-bond donors (Lipinski definition) is 0. The van der Waals surface area contributed by atoms with Crippen molar-refractivity contribution in [2.24, 2.45) is 0 Å². The van der Waals surface area contributed by atoms with Crippen molar-refractivity contribution in [3.63, 3.8) is 0 Å². The highest BCUT2D eigenvalue weighted by atomic mass is 16.7. The molecule has 5 nitrogen and oxygen atoms in total. The molecular formula is C45H38BN3O2. The summed E-state index contributed by atoms with van der Waals surface area (Å²) in [5.74, 6) is 1.86. The fourth-order valence-electron chi connectivity index (χ4n) is 6.50. The molecule has 2 heterocycles. The minimum absolute atomic E-state index is 0.420. The normalized spacial score (nSPS) is 14.8. The first-order chi connectivity index (χ1) is 24.8. The van der Waals surface area contributed by atoms with E-state index < -0.39 is 18.3 Å². The quantitative estimate of drug-likeness (QED) is 0.159. The van der Waals surface area contributed by atoms with Crippen LogP contribution in [0.1, 0.15) is 27.7 Å². The summed E-state index contributed by atoms with van der Waals surface area (Å²) in [4.78, 5) is 15.2. The third-order valence-corrected chi connectivity index (χ3v) is 10.0. The van der Waals surface area contributed by atoms with Gasteiger partial charge >= 0.3 is 7.12 Å². The number of aromatic nitrogens is 3.